The molecule has 0 saturated heterocycles. The van der Waals surface area contributed by atoms with Crippen molar-refractivity contribution in [3.63, 3.8) is 0 Å². The molecule has 3 rings (SSSR count). The number of amides is 1. The summed E-state index contributed by atoms with van der Waals surface area (Å²) < 4.78 is 2.02. The van der Waals surface area contributed by atoms with E-state index in [1.54, 1.807) is 0 Å². The average Bonchev–Trinajstić information content (AvgIpc) is 3.17. The van der Waals surface area contributed by atoms with Crippen molar-refractivity contribution in [1.82, 2.24) is 9.88 Å². The molecule has 0 unspecified atom stereocenters. The number of nitrogens with one attached hydrogen (secondary N) is 1. The highest BCUT2D eigenvalue weighted by molar-refractivity contribution is 7.98. The van der Waals surface area contributed by atoms with E-state index in [1.165, 1.54) is 5.56 Å². The largest absolute Gasteiger partial charge is 0.351 e. The monoisotopic (exact) mass is 336 g/mol. The number of hydrogen-bond acceptors (Lipinski definition) is 2. The van der Waals surface area contributed by atoms with Crippen LogP contribution >= 0.6 is 11.8 Å². The Morgan fingerprint density at radius 3 is 2.33 bits per heavy atom. The third-order valence-corrected chi connectivity index (χ3v) is 4.71. The van der Waals surface area contributed by atoms with Crippen LogP contribution in [0.1, 0.15) is 15.9 Å². The topological polar surface area (TPSA) is 34.0 Å². The number of rotatable bonds is 7. The van der Waals surface area contributed by atoms with Crippen molar-refractivity contribution >= 4 is 17.7 Å². The van der Waals surface area contributed by atoms with Crippen LogP contribution in [0.25, 0.3) is 5.69 Å². The lowest BCUT2D eigenvalue weighted by Crippen LogP contribution is -2.25. The van der Waals surface area contributed by atoms with Gasteiger partial charge in [-0.25, -0.2) is 0 Å². The van der Waals surface area contributed by atoms with E-state index in [0.717, 1.165) is 17.2 Å². The average molecular weight is 336 g/mol. The third-order valence-electron chi connectivity index (χ3n) is 3.68. The van der Waals surface area contributed by atoms with Crippen LogP contribution in [0.4, 0.5) is 0 Å². The van der Waals surface area contributed by atoms with E-state index in [0.29, 0.717) is 12.1 Å². The molecule has 0 atom stereocenters. The van der Waals surface area contributed by atoms with Crippen LogP contribution in [-0.2, 0) is 5.75 Å². The van der Waals surface area contributed by atoms with Gasteiger partial charge in [-0.05, 0) is 42.0 Å². The number of nitrogens with zero attached hydrogens (tertiary/aromatic N) is 1. The molecule has 24 heavy (non-hydrogen) atoms. The van der Waals surface area contributed by atoms with Crippen LogP contribution in [0.3, 0.4) is 0 Å². The van der Waals surface area contributed by atoms with Crippen molar-refractivity contribution in [2.24, 2.45) is 0 Å². The fraction of sp³-hybridized carbons (Fsp3) is 0.150. The highest BCUT2D eigenvalue weighted by Crippen LogP contribution is 2.12. The Morgan fingerprint density at radius 1 is 0.917 bits per heavy atom. The lowest BCUT2D eigenvalue weighted by atomic mass is 10.2. The van der Waals surface area contributed by atoms with Crippen molar-refractivity contribution in [1.29, 1.82) is 0 Å². The molecule has 0 fully saturated rings. The molecular weight excluding hydrogens is 316 g/mol. The Balaban J connectivity index is 1.42. The summed E-state index contributed by atoms with van der Waals surface area (Å²) in [6, 6.07) is 22.0. The van der Waals surface area contributed by atoms with Crippen molar-refractivity contribution in [3.05, 3.63) is 90.3 Å². The van der Waals surface area contributed by atoms with Gasteiger partial charge in [-0.15, -0.1) is 0 Å². The fourth-order valence-electron chi connectivity index (χ4n) is 2.39. The molecule has 1 amide bonds. The van der Waals surface area contributed by atoms with Crippen LogP contribution < -0.4 is 5.32 Å². The van der Waals surface area contributed by atoms with Gasteiger partial charge in [0.15, 0.2) is 0 Å². The quantitative estimate of drug-likeness (QED) is 0.658. The van der Waals surface area contributed by atoms with Crippen molar-refractivity contribution < 1.29 is 4.79 Å². The fourth-order valence-corrected chi connectivity index (χ4v) is 3.21. The molecule has 1 N–H and O–H groups in total. The zero-order chi connectivity index (χ0) is 16.6. The van der Waals surface area contributed by atoms with Crippen molar-refractivity contribution in [2.75, 3.05) is 12.3 Å². The summed E-state index contributed by atoms with van der Waals surface area (Å²) in [5, 5.41) is 2.97. The smallest absolute Gasteiger partial charge is 0.251 e. The lowest BCUT2D eigenvalue weighted by Gasteiger charge is -2.07. The summed E-state index contributed by atoms with van der Waals surface area (Å²) in [6.45, 7) is 0.676. The van der Waals surface area contributed by atoms with E-state index < -0.39 is 0 Å². The van der Waals surface area contributed by atoms with E-state index >= 15 is 0 Å². The van der Waals surface area contributed by atoms with Crippen LogP contribution in [0.5, 0.6) is 0 Å². The Morgan fingerprint density at radius 2 is 1.62 bits per heavy atom. The van der Waals surface area contributed by atoms with Gasteiger partial charge in [-0.3, -0.25) is 4.79 Å². The highest BCUT2D eigenvalue weighted by atomic mass is 32.2. The highest BCUT2D eigenvalue weighted by Gasteiger charge is 2.05. The van der Waals surface area contributed by atoms with Crippen LogP contribution in [0.15, 0.2) is 79.1 Å². The third kappa shape index (κ3) is 4.52. The minimum Gasteiger partial charge on any atom is -0.351 e. The number of carbonyl (C=O) groups excluding carboxylic acids is 1. The molecule has 0 aliphatic rings. The SMILES string of the molecule is O=C(NCCSCc1ccccc1)c1ccc(-n2cccc2)cc1. The van der Waals surface area contributed by atoms with E-state index in [9.17, 15) is 4.79 Å². The maximum Gasteiger partial charge on any atom is 0.251 e. The molecule has 122 valence electrons. The van der Waals surface area contributed by atoms with Crippen molar-refractivity contribution in [3.8, 4) is 5.69 Å². The molecule has 3 nitrogen and oxygen atoms in total. The number of carbonyl (C=O) groups is 1. The normalized spacial score (nSPS) is 10.5. The van der Waals surface area contributed by atoms with Crippen LogP contribution in [0, 0.1) is 0 Å². The number of aromatic nitrogens is 1. The molecule has 0 aliphatic heterocycles. The van der Waals surface area contributed by atoms with Crippen molar-refractivity contribution in [2.45, 2.75) is 5.75 Å². The first-order valence-electron chi connectivity index (χ1n) is 7.96. The molecule has 2 aromatic carbocycles. The van der Waals surface area contributed by atoms with Gasteiger partial charge < -0.3 is 9.88 Å². The maximum atomic E-state index is 12.1. The first kappa shape index (κ1) is 16.4. The van der Waals surface area contributed by atoms with Crippen LogP contribution in [0.2, 0.25) is 0 Å². The maximum absolute atomic E-state index is 12.1. The minimum absolute atomic E-state index is 0.0191. The molecule has 0 bridgehead atoms. The number of benzene rings is 2. The van der Waals surface area contributed by atoms with E-state index in [4.69, 9.17) is 0 Å². The summed E-state index contributed by atoms with van der Waals surface area (Å²) in [6.07, 6.45) is 3.97. The first-order valence-corrected chi connectivity index (χ1v) is 9.12. The molecular formula is C20H20N2OS. The summed E-state index contributed by atoms with van der Waals surface area (Å²) in [4.78, 5) is 12.1. The van der Waals surface area contributed by atoms with Gasteiger partial charge >= 0.3 is 0 Å². The number of hydrogen-bond donors (Lipinski definition) is 1. The second-order valence-corrected chi connectivity index (χ2v) is 6.54. The van der Waals surface area contributed by atoms with Gasteiger partial charge in [0.1, 0.15) is 0 Å². The summed E-state index contributed by atoms with van der Waals surface area (Å²) in [5.41, 5.74) is 3.06. The predicted octanol–water partition coefficient (Wildman–Crippen LogP) is 4.14. The van der Waals surface area contributed by atoms with Gasteiger partial charge in [0.05, 0.1) is 0 Å². The number of thioether (sulfide) groups is 1. The Kier molecular flexibility index (Phi) is 5.75. The summed E-state index contributed by atoms with van der Waals surface area (Å²) >= 11 is 1.83. The summed E-state index contributed by atoms with van der Waals surface area (Å²) in [5.74, 6) is 1.86. The predicted molar refractivity (Wildman–Crippen MR) is 101 cm³/mol. The Bertz CT molecular complexity index is 752. The molecule has 0 radical (unpaired) electrons. The summed E-state index contributed by atoms with van der Waals surface area (Å²) in [7, 11) is 0. The van der Waals surface area contributed by atoms with E-state index in [2.05, 4.69) is 29.6 Å². The van der Waals surface area contributed by atoms with Gasteiger partial charge in [0.2, 0.25) is 0 Å². The van der Waals surface area contributed by atoms with E-state index in [1.807, 2.05) is 71.2 Å². The van der Waals surface area contributed by atoms with Gasteiger partial charge in [-0.2, -0.15) is 11.8 Å². The molecule has 1 aromatic heterocycles. The van der Waals surface area contributed by atoms with E-state index in [-0.39, 0.29) is 5.91 Å². The van der Waals surface area contributed by atoms with Gasteiger partial charge in [0.25, 0.3) is 5.91 Å². The van der Waals surface area contributed by atoms with Gasteiger partial charge in [0, 0.05) is 41.7 Å². The zero-order valence-corrected chi connectivity index (χ0v) is 14.2. The first-order chi connectivity index (χ1) is 11.8. The van der Waals surface area contributed by atoms with Gasteiger partial charge in [-0.1, -0.05) is 30.3 Å². The molecule has 4 heteroatoms. The Hall–Kier alpha value is -2.46. The zero-order valence-electron chi connectivity index (χ0n) is 13.4. The standard InChI is InChI=1S/C20H20N2OS/c23-20(21-12-15-24-16-17-6-2-1-3-7-17)18-8-10-19(11-9-18)22-13-4-5-14-22/h1-11,13-14H,12,15-16H2,(H,21,23). The molecule has 1 heterocycles. The second-order valence-electron chi connectivity index (χ2n) is 5.43. The lowest BCUT2D eigenvalue weighted by molar-refractivity contribution is 0.0956. The molecule has 0 spiro atoms. The molecule has 0 saturated carbocycles. The molecule has 0 aliphatic carbocycles. The second kappa shape index (κ2) is 8.41. The minimum atomic E-state index is -0.0191. The Labute approximate surface area is 146 Å². The van der Waals surface area contributed by atoms with Crippen LogP contribution in [-0.4, -0.2) is 22.8 Å². The molecule has 3 aromatic rings.